The van der Waals surface area contributed by atoms with Crippen molar-refractivity contribution in [2.75, 3.05) is 68.8 Å². The zero-order valence-electron chi connectivity index (χ0n) is 13.1. The minimum atomic E-state index is -4.20. The van der Waals surface area contributed by atoms with Gasteiger partial charge in [-0.1, -0.05) is 0 Å². The Hall–Kier alpha value is -1.68. The number of morpholine rings is 1. The molecule has 1 aromatic rings. The molecular weight excluding hydrogens is 330 g/mol. The van der Waals surface area contributed by atoms with Gasteiger partial charge in [0.1, 0.15) is 0 Å². The third kappa shape index (κ3) is 4.23. The van der Waals surface area contributed by atoms with Gasteiger partial charge in [-0.25, -0.2) is 9.37 Å². The summed E-state index contributed by atoms with van der Waals surface area (Å²) in [4.78, 5) is 13.2. The first-order valence-electron chi connectivity index (χ1n) is 7.82. The molecule has 0 unspecified atom stereocenters. The first kappa shape index (κ1) is 17.2. The van der Waals surface area contributed by atoms with Gasteiger partial charge in [-0.2, -0.15) is 18.2 Å². The first-order valence-corrected chi connectivity index (χ1v) is 7.82. The lowest BCUT2D eigenvalue weighted by molar-refractivity contribution is -0.146. The summed E-state index contributed by atoms with van der Waals surface area (Å²) in [5, 5.41) is 0. The van der Waals surface area contributed by atoms with Crippen molar-refractivity contribution in [3.63, 3.8) is 0 Å². The quantitative estimate of drug-likeness (QED) is 0.763. The normalized spacial score (nSPS) is 20.5. The van der Waals surface area contributed by atoms with Crippen molar-refractivity contribution in [1.29, 1.82) is 0 Å². The number of hydrogen-bond acceptors (Lipinski definition) is 6. The fourth-order valence-electron chi connectivity index (χ4n) is 2.86. The second-order valence-electron chi connectivity index (χ2n) is 5.82. The maximum absolute atomic E-state index is 14.0. The average molecular weight is 349 g/mol. The average Bonchev–Trinajstić information content (AvgIpc) is 2.55. The summed E-state index contributed by atoms with van der Waals surface area (Å²) in [6.45, 7) is 2.50. The molecule has 0 radical (unpaired) electrons. The number of halogens is 4. The van der Waals surface area contributed by atoms with Gasteiger partial charge in [-0.05, 0) is 0 Å². The Kier molecular flexibility index (Phi) is 5.04. The molecule has 2 saturated heterocycles. The van der Waals surface area contributed by atoms with E-state index >= 15 is 0 Å². The monoisotopic (exact) mass is 349 g/mol. The van der Waals surface area contributed by atoms with E-state index in [-0.39, 0.29) is 18.9 Å². The molecule has 0 aliphatic carbocycles. The number of piperazine rings is 1. The van der Waals surface area contributed by atoms with Gasteiger partial charge in [0.15, 0.2) is 11.6 Å². The predicted molar refractivity (Wildman–Crippen MR) is 79.7 cm³/mol. The molecule has 2 aliphatic heterocycles. The highest BCUT2D eigenvalue weighted by molar-refractivity contribution is 5.45. The first-order chi connectivity index (χ1) is 11.4. The van der Waals surface area contributed by atoms with Crippen LogP contribution in [0.4, 0.5) is 29.3 Å². The van der Waals surface area contributed by atoms with Crippen molar-refractivity contribution in [2.45, 2.75) is 6.18 Å². The molecule has 2 aliphatic rings. The minimum absolute atomic E-state index is 0.223. The van der Waals surface area contributed by atoms with Gasteiger partial charge in [0.25, 0.3) is 0 Å². The van der Waals surface area contributed by atoms with Crippen LogP contribution in [-0.4, -0.2) is 80.1 Å². The Bertz CT molecular complexity index is 557. The van der Waals surface area contributed by atoms with E-state index in [2.05, 4.69) is 9.97 Å². The van der Waals surface area contributed by atoms with E-state index in [0.717, 1.165) is 6.20 Å². The number of nitrogens with zero attached hydrogens (tertiary/aromatic N) is 5. The lowest BCUT2D eigenvalue weighted by atomic mass is 10.3. The summed E-state index contributed by atoms with van der Waals surface area (Å²) in [6.07, 6.45) is -3.08. The fraction of sp³-hybridized carbons (Fsp3) is 0.714. The van der Waals surface area contributed by atoms with Crippen molar-refractivity contribution in [2.24, 2.45) is 0 Å². The minimum Gasteiger partial charge on any atom is -0.378 e. The standard InChI is InChI=1S/C14H19F4N5O/c15-11-9-19-13(20-12(11)22-5-7-24-8-6-22)23-3-1-21(2-4-23)10-14(16,17)18/h9H,1-8,10H2. The third-order valence-electron chi connectivity index (χ3n) is 4.08. The largest absolute Gasteiger partial charge is 0.401 e. The van der Waals surface area contributed by atoms with Gasteiger partial charge in [0.05, 0.1) is 26.0 Å². The van der Waals surface area contributed by atoms with Gasteiger partial charge >= 0.3 is 6.18 Å². The Labute approximate surface area is 137 Å². The summed E-state index contributed by atoms with van der Waals surface area (Å²) in [5.41, 5.74) is 0. The number of aromatic nitrogens is 2. The van der Waals surface area contributed by atoms with Crippen molar-refractivity contribution in [1.82, 2.24) is 14.9 Å². The summed E-state index contributed by atoms with van der Waals surface area (Å²) in [5.74, 6) is 0.0712. The van der Waals surface area contributed by atoms with E-state index in [1.807, 2.05) is 0 Å². The third-order valence-corrected chi connectivity index (χ3v) is 4.08. The number of alkyl halides is 3. The Balaban J connectivity index is 1.65. The molecule has 3 heterocycles. The molecule has 0 aromatic carbocycles. The van der Waals surface area contributed by atoms with Crippen LogP contribution >= 0.6 is 0 Å². The van der Waals surface area contributed by atoms with Crippen LogP contribution in [0.15, 0.2) is 6.20 Å². The van der Waals surface area contributed by atoms with E-state index in [1.165, 1.54) is 4.90 Å². The van der Waals surface area contributed by atoms with Crippen LogP contribution in [0.2, 0.25) is 0 Å². The molecule has 0 spiro atoms. The zero-order valence-corrected chi connectivity index (χ0v) is 13.1. The van der Waals surface area contributed by atoms with Crippen molar-refractivity contribution in [3.05, 3.63) is 12.0 Å². The smallest absolute Gasteiger partial charge is 0.378 e. The van der Waals surface area contributed by atoms with Gasteiger partial charge in [-0.15, -0.1) is 0 Å². The van der Waals surface area contributed by atoms with E-state index in [9.17, 15) is 17.6 Å². The predicted octanol–water partition coefficient (Wildman–Crippen LogP) is 1.14. The van der Waals surface area contributed by atoms with E-state index in [1.54, 1.807) is 9.80 Å². The highest BCUT2D eigenvalue weighted by Gasteiger charge is 2.32. The van der Waals surface area contributed by atoms with Crippen molar-refractivity contribution in [3.8, 4) is 0 Å². The molecule has 0 amide bonds. The van der Waals surface area contributed by atoms with E-state index in [4.69, 9.17) is 4.74 Å². The van der Waals surface area contributed by atoms with Crippen LogP contribution in [0.25, 0.3) is 0 Å². The maximum Gasteiger partial charge on any atom is 0.401 e. The maximum atomic E-state index is 14.0. The second-order valence-corrected chi connectivity index (χ2v) is 5.82. The molecule has 0 atom stereocenters. The summed E-state index contributed by atoms with van der Waals surface area (Å²) in [7, 11) is 0. The number of hydrogen-bond donors (Lipinski definition) is 0. The van der Waals surface area contributed by atoms with Crippen LogP contribution in [-0.2, 0) is 4.74 Å². The fourth-order valence-corrected chi connectivity index (χ4v) is 2.86. The Morgan fingerprint density at radius 1 is 1.00 bits per heavy atom. The molecule has 0 bridgehead atoms. The zero-order chi connectivity index (χ0) is 17.2. The summed E-state index contributed by atoms with van der Waals surface area (Å²) < 4.78 is 56.5. The number of ether oxygens (including phenoxy) is 1. The van der Waals surface area contributed by atoms with Crippen LogP contribution in [0.3, 0.4) is 0 Å². The molecule has 24 heavy (non-hydrogen) atoms. The van der Waals surface area contributed by atoms with Crippen LogP contribution in [0.5, 0.6) is 0 Å². The topological polar surface area (TPSA) is 44.7 Å². The van der Waals surface area contributed by atoms with E-state index < -0.39 is 18.5 Å². The van der Waals surface area contributed by atoms with E-state index in [0.29, 0.717) is 45.3 Å². The highest BCUT2D eigenvalue weighted by Crippen LogP contribution is 2.22. The summed E-state index contributed by atoms with van der Waals surface area (Å²) in [6, 6.07) is 0. The lowest BCUT2D eigenvalue weighted by Crippen LogP contribution is -2.49. The number of anilines is 2. The molecule has 2 fully saturated rings. The van der Waals surface area contributed by atoms with Crippen LogP contribution in [0, 0.1) is 5.82 Å². The molecular formula is C14H19F4N5O. The summed E-state index contributed by atoms with van der Waals surface area (Å²) >= 11 is 0. The molecule has 10 heteroatoms. The molecule has 0 saturated carbocycles. The SMILES string of the molecule is Fc1cnc(N2CCN(CC(F)(F)F)CC2)nc1N1CCOCC1. The molecule has 1 aromatic heterocycles. The molecule has 6 nitrogen and oxygen atoms in total. The molecule has 0 N–H and O–H groups in total. The highest BCUT2D eigenvalue weighted by atomic mass is 19.4. The van der Waals surface area contributed by atoms with Gasteiger partial charge < -0.3 is 14.5 Å². The lowest BCUT2D eigenvalue weighted by Gasteiger charge is -2.35. The van der Waals surface area contributed by atoms with Gasteiger partial charge in [-0.3, -0.25) is 4.90 Å². The Morgan fingerprint density at radius 3 is 2.29 bits per heavy atom. The second kappa shape index (κ2) is 7.06. The molecule has 134 valence electrons. The van der Waals surface area contributed by atoms with Gasteiger partial charge in [0.2, 0.25) is 5.95 Å². The van der Waals surface area contributed by atoms with Crippen molar-refractivity contribution < 1.29 is 22.3 Å². The van der Waals surface area contributed by atoms with Gasteiger partial charge in [0, 0.05) is 39.3 Å². The van der Waals surface area contributed by atoms with Crippen LogP contribution < -0.4 is 9.80 Å². The van der Waals surface area contributed by atoms with Crippen LogP contribution in [0.1, 0.15) is 0 Å². The Morgan fingerprint density at radius 2 is 1.67 bits per heavy atom. The number of rotatable bonds is 3. The molecule has 3 rings (SSSR count). The van der Waals surface area contributed by atoms with Crippen molar-refractivity contribution >= 4 is 11.8 Å².